The molecular formula is C14H15NO3. The van der Waals surface area contributed by atoms with Gasteiger partial charge in [0.15, 0.2) is 6.61 Å². The molecule has 94 valence electrons. The Bertz CT molecular complexity index is 584. The van der Waals surface area contributed by atoms with E-state index in [1.54, 1.807) is 0 Å². The van der Waals surface area contributed by atoms with Gasteiger partial charge in [0.25, 0.3) is 0 Å². The monoisotopic (exact) mass is 245 g/mol. The van der Waals surface area contributed by atoms with E-state index in [0.29, 0.717) is 5.92 Å². The minimum Gasteiger partial charge on any atom is -0.480 e. The van der Waals surface area contributed by atoms with Crippen molar-refractivity contribution >= 4 is 11.5 Å². The molecule has 0 N–H and O–H groups in total. The summed E-state index contributed by atoms with van der Waals surface area (Å²) in [6.45, 7) is -0.0554. The molecule has 0 spiro atoms. The van der Waals surface area contributed by atoms with Crippen molar-refractivity contribution < 1.29 is 14.3 Å². The van der Waals surface area contributed by atoms with E-state index < -0.39 is 0 Å². The number of nitrogens with zero attached hydrogens (tertiary/aromatic N) is 1. The standard InChI is InChI=1S/C14H15NO3/c1-17-14(16)9-18-13-3-2-6-15-8-11(7-12(13)15)10-4-5-10/h2-3,6-8,10H,4-5,9H2,1H3. The molecule has 3 rings (SSSR count). The summed E-state index contributed by atoms with van der Waals surface area (Å²) < 4.78 is 12.1. The molecule has 0 aromatic carbocycles. The molecule has 0 saturated heterocycles. The third kappa shape index (κ3) is 2.06. The van der Waals surface area contributed by atoms with Crippen molar-refractivity contribution in [3.05, 3.63) is 36.2 Å². The van der Waals surface area contributed by atoms with Crippen LogP contribution in [0.2, 0.25) is 0 Å². The minimum absolute atomic E-state index is 0.0554. The molecule has 0 bridgehead atoms. The number of fused-ring (bicyclic) bond motifs is 1. The Morgan fingerprint density at radius 2 is 2.33 bits per heavy atom. The Morgan fingerprint density at radius 3 is 3.06 bits per heavy atom. The fourth-order valence-corrected chi connectivity index (χ4v) is 2.09. The van der Waals surface area contributed by atoms with E-state index in [1.807, 2.05) is 22.7 Å². The summed E-state index contributed by atoms with van der Waals surface area (Å²) in [7, 11) is 1.36. The van der Waals surface area contributed by atoms with Gasteiger partial charge in [-0.25, -0.2) is 4.79 Å². The Hall–Kier alpha value is -1.97. The summed E-state index contributed by atoms with van der Waals surface area (Å²) in [5, 5.41) is 0. The highest BCUT2D eigenvalue weighted by atomic mass is 16.6. The van der Waals surface area contributed by atoms with Gasteiger partial charge in [0.1, 0.15) is 5.75 Å². The van der Waals surface area contributed by atoms with Gasteiger partial charge in [0.2, 0.25) is 0 Å². The normalized spacial score (nSPS) is 14.7. The molecule has 4 nitrogen and oxygen atoms in total. The number of aromatic nitrogens is 1. The lowest BCUT2D eigenvalue weighted by Gasteiger charge is -2.06. The molecule has 0 unspecified atom stereocenters. The average molecular weight is 245 g/mol. The molecule has 4 heteroatoms. The molecule has 18 heavy (non-hydrogen) atoms. The molecule has 1 saturated carbocycles. The van der Waals surface area contributed by atoms with Crippen molar-refractivity contribution in [3.63, 3.8) is 0 Å². The third-order valence-electron chi connectivity index (χ3n) is 3.24. The van der Waals surface area contributed by atoms with E-state index in [1.165, 1.54) is 25.5 Å². The zero-order valence-corrected chi connectivity index (χ0v) is 10.3. The van der Waals surface area contributed by atoms with Crippen molar-refractivity contribution in [1.29, 1.82) is 0 Å². The number of hydrogen-bond acceptors (Lipinski definition) is 3. The van der Waals surface area contributed by atoms with Crippen molar-refractivity contribution in [1.82, 2.24) is 4.40 Å². The fourth-order valence-electron chi connectivity index (χ4n) is 2.09. The predicted molar refractivity (Wildman–Crippen MR) is 66.9 cm³/mol. The predicted octanol–water partition coefficient (Wildman–Crippen LogP) is 2.37. The van der Waals surface area contributed by atoms with Crippen LogP contribution >= 0.6 is 0 Å². The maximum atomic E-state index is 11.1. The number of esters is 1. The van der Waals surface area contributed by atoms with Gasteiger partial charge in [-0.2, -0.15) is 0 Å². The Balaban J connectivity index is 1.88. The minimum atomic E-state index is -0.369. The summed E-state index contributed by atoms with van der Waals surface area (Å²) in [6.07, 6.45) is 6.68. The fraction of sp³-hybridized carbons (Fsp3) is 0.357. The topological polar surface area (TPSA) is 39.9 Å². The van der Waals surface area contributed by atoms with Crippen LogP contribution in [0.25, 0.3) is 5.52 Å². The first kappa shape index (κ1) is 11.1. The second-order valence-corrected chi connectivity index (χ2v) is 4.58. The number of hydrogen-bond donors (Lipinski definition) is 0. The lowest BCUT2D eigenvalue weighted by molar-refractivity contribution is -0.142. The van der Waals surface area contributed by atoms with Gasteiger partial charge in [0, 0.05) is 12.4 Å². The van der Waals surface area contributed by atoms with Crippen LogP contribution in [0, 0.1) is 0 Å². The van der Waals surface area contributed by atoms with Gasteiger partial charge < -0.3 is 13.9 Å². The molecule has 1 aliphatic rings. The number of pyridine rings is 1. The van der Waals surface area contributed by atoms with Crippen LogP contribution in [0.5, 0.6) is 5.75 Å². The average Bonchev–Trinajstić information content (AvgIpc) is 3.15. The molecule has 2 heterocycles. The van der Waals surface area contributed by atoms with E-state index in [-0.39, 0.29) is 12.6 Å². The lowest BCUT2D eigenvalue weighted by atomic mass is 10.2. The Kier molecular flexibility index (Phi) is 2.70. The van der Waals surface area contributed by atoms with E-state index in [2.05, 4.69) is 17.0 Å². The quantitative estimate of drug-likeness (QED) is 0.776. The van der Waals surface area contributed by atoms with Crippen LogP contribution in [0.3, 0.4) is 0 Å². The highest BCUT2D eigenvalue weighted by molar-refractivity contribution is 5.72. The number of ether oxygens (including phenoxy) is 2. The number of carbonyl (C=O) groups is 1. The van der Waals surface area contributed by atoms with Gasteiger partial charge >= 0.3 is 5.97 Å². The van der Waals surface area contributed by atoms with Crippen molar-refractivity contribution in [2.75, 3.05) is 13.7 Å². The van der Waals surface area contributed by atoms with E-state index in [4.69, 9.17) is 4.74 Å². The SMILES string of the molecule is COC(=O)COc1cccn2cc(C3CC3)cc12. The third-order valence-corrected chi connectivity index (χ3v) is 3.24. The Morgan fingerprint density at radius 1 is 1.50 bits per heavy atom. The summed E-state index contributed by atoms with van der Waals surface area (Å²) in [5.41, 5.74) is 2.35. The molecule has 0 atom stereocenters. The van der Waals surface area contributed by atoms with Gasteiger partial charge in [0.05, 0.1) is 12.6 Å². The number of rotatable bonds is 4. The van der Waals surface area contributed by atoms with Crippen molar-refractivity contribution in [3.8, 4) is 5.75 Å². The van der Waals surface area contributed by atoms with Gasteiger partial charge in [-0.3, -0.25) is 0 Å². The van der Waals surface area contributed by atoms with Crippen LogP contribution in [0.1, 0.15) is 24.3 Å². The van der Waals surface area contributed by atoms with Crippen molar-refractivity contribution in [2.45, 2.75) is 18.8 Å². The van der Waals surface area contributed by atoms with Crippen molar-refractivity contribution in [2.24, 2.45) is 0 Å². The van der Waals surface area contributed by atoms with Crippen LogP contribution in [-0.4, -0.2) is 24.1 Å². The largest absolute Gasteiger partial charge is 0.480 e. The summed E-state index contributed by atoms with van der Waals surface area (Å²) >= 11 is 0. The summed E-state index contributed by atoms with van der Waals surface area (Å²) in [4.78, 5) is 11.1. The zero-order valence-electron chi connectivity index (χ0n) is 10.3. The van der Waals surface area contributed by atoms with Gasteiger partial charge in [-0.15, -0.1) is 0 Å². The number of carbonyl (C=O) groups excluding carboxylic acids is 1. The molecular weight excluding hydrogens is 230 g/mol. The molecule has 2 aromatic heterocycles. The molecule has 0 aliphatic heterocycles. The Labute approximate surface area is 105 Å². The molecule has 1 fully saturated rings. The smallest absolute Gasteiger partial charge is 0.343 e. The first-order valence-electron chi connectivity index (χ1n) is 6.08. The first-order chi connectivity index (χ1) is 8.78. The molecule has 2 aromatic rings. The van der Waals surface area contributed by atoms with Crippen LogP contribution in [0.4, 0.5) is 0 Å². The summed E-state index contributed by atoms with van der Waals surface area (Å²) in [5.74, 6) is 1.05. The summed E-state index contributed by atoms with van der Waals surface area (Å²) in [6, 6.07) is 5.93. The maximum absolute atomic E-state index is 11.1. The highest BCUT2D eigenvalue weighted by Crippen LogP contribution is 2.41. The first-order valence-corrected chi connectivity index (χ1v) is 6.08. The van der Waals surface area contributed by atoms with Crippen LogP contribution in [0.15, 0.2) is 30.6 Å². The second-order valence-electron chi connectivity index (χ2n) is 4.58. The lowest BCUT2D eigenvalue weighted by Crippen LogP contribution is -2.12. The number of methoxy groups -OCH3 is 1. The second kappa shape index (κ2) is 4.37. The van der Waals surface area contributed by atoms with Crippen LogP contribution < -0.4 is 4.74 Å². The van der Waals surface area contributed by atoms with Gasteiger partial charge in [-0.1, -0.05) is 0 Å². The van der Waals surface area contributed by atoms with E-state index >= 15 is 0 Å². The van der Waals surface area contributed by atoms with E-state index in [9.17, 15) is 4.79 Å². The molecule has 0 radical (unpaired) electrons. The molecule has 1 aliphatic carbocycles. The highest BCUT2D eigenvalue weighted by Gasteiger charge is 2.25. The maximum Gasteiger partial charge on any atom is 0.343 e. The van der Waals surface area contributed by atoms with Crippen LogP contribution in [-0.2, 0) is 9.53 Å². The molecule has 0 amide bonds. The van der Waals surface area contributed by atoms with Gasteiger partial charge in [-0.05, 0) is 42.5 Å². The zero-order chi connectivity index (χ0) is 12.5. The van der Waals surface area contributed by atoms with E-state index in [0.717, 1.165) is 11.3 Å².